The maximum atomic E-state index is 3.99. The van der Waals surface area contributed by atoms with Crippen LogP contribution in [0.25, 0.3) is 11.4 Å². The second-order valence-corrected chi connectivity index (χ2v) is 3.93. The zero-order valence-electron chi connectivity index (χ0n) is 8.40. The first-order chi connectivity index (χ1) is 7.43. The summed E-state index contributed by atoms with van der Waals surface area (Å²) < 4.78 is 0. The number of fused-ring (bicyclic) bond motifs is 1. The van der Waals surface area contributed by atoms with Gasteiger partial charge in [0.15, 0.2) is 0 Å². The van der Waals surface area contributed by atoms with Crippen molar-refractivity contribution in [2.24, 2.45) is 0 Å². The van der Waals surface area contributed by atoms with Crippen molar-refractivity contribution in [3.8, 4) is 11.4 Å². The fraction of sp³-hybridized carbons (Fsp3) is 0.364. The fourth-order valence-electron chi connectivity index (χ4n) is 2.16. The highest BCUT2D eigenvalue weighted by molar-refractivity contribution is 5.56. The van der Waals surface area contributed by atoms with Gasteiger partial charge in [-0.3, -0.25) is 0 Å². The summed E-state index contributed by atoms with van der Waals surface area (Å²) in [5, 5.41) is 14.0. The lowest BCUT2D eigenvalue weighted by Gasteiger charge is -2.15. The average molecular weight is 200 g/mol. The fourth-order valence-corrected chi connectivity index (χ4v) is 2.16. The molecule has 1 aromatic carbocycles. The molecule has 0 fully saturated rings. The van der Waals surface area contributed by atoms with E-state index in [2.05, 4.69) is 38.8 Å². The second-order valence-electron chi connectivity index (χ2n) is 3.93. The Kier molecular flexibility index (Phi) is 1.98. The van der Waals surface area contributed by atoms with Crippen molar-refractivity contribution >= 4 is 0 Å². The van der Waals surface area contributed by atoms with Crippen molar-refractivity contribution in [1.82, 2.24) is 20.6 Å². The van der Waals surface area contributed by atoms with Crippen LogP contribution >= 0.6 is 0 Å². The van der Waals surface area contributed by atoms with E-state index in [-0.39, 0.29) is 0 Å². The molecule has 1 aliphatic rings. The molecule has 0 amide bonds. The number of hydrogen-bond donors (Lipinski definition) is 1. The third kappa shape index (κ3) is 1.52. The molecule has 4 heteroatoms. The smallest absolute Gasteiger partial charge is 0.177 e. The summed E-state index contributed by atoms with van der Waals surface area (Å²) >= 11 is 0. The molecular weight excluding hydrogens is 188 g/mol. The third-order valence-corrected chi connectivity index (χ3v) is 2.95. The number of rotatable bonds is 1. The number of hydrogen-bond acceptors (Lipinski definition) is 3. The SMILES string of the molecule is c1cc2c(cc1-c1nn[nH]n1)CCCC2. The number of nitrogens with one attached hydrogen (secondary N) is 1. The van der Waals surface area contributed by atoms with Gasteiger partial charge in [-0.15, -0.1) is 10.2 Å². The van der Waals surface area contributed by atoms with Crippen molar-refractivity contribution in [2.45, 2.75) is 25.7 Å². The molecule has 0 atom stereocenters. The molecule has 0 saturated heterocycles. The van der Waals surface area contributed by atoms with E-state index in [1.807, 2.05) is 0 Å². The van der Waals surface area contributed by atoms with Crippen LogP contribution in [0.1, 0.15) is 24.0 Å². The number of H-pyrrole nitrogens is 1. The summed E-state index contributed by atoms with van der Waals surface area (Å²) in [7, 11) is 0. The van der Waals surface area contributed by atoms with E-state index in [1.54, 1.807) is 0 Å². The molecule has 15 heavy (non-hydrogen) atoms. The molecular formula is C11H12N4. The summed E-state index contributed by atoms with van der Waals surface area (Å²) in [5.74, 6) is 0.684. The average Bonchev–Trinajstić information content (AvgIpc) is 2.82. The molecule has 0 bridgehead atoms. The molecule has 0 unspecified atom stereocenters. The van der Waals surface area contributed by atoms with Gasteiger partial charge in [-0.1, -0.05) is 12.1 Å². The summed E-state index contributed by atoms with van der Waals surface area (Å²) in [5.41, 5.74) is 3.99. The molecule has 3 rings (SSSR count). The van der Waals surface area contributed by atoms with Gasteiger partial charge in [0.2, 0.25) is 5.82 Å². The van der Waals surface area contributed by atoms with E-state index < -0.39 is 0 Å². The lowest BCUT2D eigenvalue weighted by molar-refractivity contribution is 0.686. The summed E-state index contributed by atoms with van der Waals surface area (Å²) in [6.07, 6.45) is 5.00. The number of aryl methyl sites for hydroxylation is 2. The predicted molar refractivity (Wildman–Crippen MR) is 56.3 cm³/mol. The maximum absolute atomic E-state index is 3.99. The first kappa shape index (κ1) is 8.59. The minimum atomic E-state index is 0.684. The Morgan fingerprint density at radius 3 is 2.73 bits per heavy atom. The number of tetrazole rings is 1. The van der Waals surface area contributed by atoms with Crippen LogP contribution < -0.4 is 0 Å². The Balaban J connectivity index is 2.04. The van der Waals surface area contributed by atoms with Crippen molar-refractivity contribution in [3.63, 3.8) is 0 Å². The van der Waals surface area contributed by atoms with E-state index in [4.69, 9.17) is 0 Å². The van der Waals surface area contributed by atoms with Crippen LogP contribution in [0.15, 0.2) is 18.2 Å². The quantitative estimate of drug-likeness (QED) is 0.763. The van der Waals surface area contributed by atoms with Crippen LogP contribution in [0.5, 0.6) is 0 Å². The topological polar surface area (TPSA) is 54.5 Å². The van der Waals surface area contributed by atoms with Crippen LogP contribution in [0.4, 0.5) is 0 Å². The molecule has 2 aromatic rings. The maximum Gasteiger partial charge on any atom is 0.204 e. The Bertz CT molecular complexity index is 461. The van der Waals surface area contributed by atoms with Gasteiger partial charge in [0.1, 0.15) is 0 Å². The molecule has 76 valence electrons. The number of nitrogens with zero attached hydrogens (tertiary/aromatic N) is 3. The Hall–Kier alpha value is -1.71. The summed E-state index contributed by atoms with van der Waals surface area (Å²) in [4.78, 5) is 0. The van der Waals surface area contributed by atoms with Crippen LogP contribution in [0.2, 0.25) is 0 Å². The zero-order chi connectivity index (χ0) is 10.1. The highest BCUT2D eigenvalue weighted by Crippen LogP contribution is 2.25. The van der Waals surface area contributed by atoms with Crippen molar-refractivity contribution in [2.75, 3.05) is 0 Å². The minimum absolute atomic E-state index is 0.684. The molecule has 1 heterocycles. The van der Waals surface area contributed by atoms with Gasteiger partial charge in [-0.25, -0.2) is 0 Å². The monoisotopic (exact) mass is 200 g/mol. The molecule has 4 nitrogen and oxygen atoms in total. The van der Waals surface area contributed by atoms with E-state index in [0.717, 1.165) is 5.56 Å². The third-order valence-electron chi connectivity index (χ3n) is 2.95. The van der Waals surface area contributed by atoms with Gasteiger partial charge < -0.3 is 0 Å². The largest absolute Gasteiger partial charge is 0.204 e. The molecule has 1 N–H and O–H groups in total. The Labute approximate surface area is 87.7 Å². The highest BCUT2D eigenvalue weighted by atomic mass is 15.5. The van der Waals surface area contributed by atoms with Crippen molar-refractivity contribution in [1.29, 1.82) is 0 Å². The second kappa shape index (κ2) is 3.46. The number of benzene rings is 1. The van der Waals surface area contributed by atoms with Crippen LogP contribution in [0.3, 0.4) is 0 Å². The highest BCUT2D eigenvalue weighted by Gasteiger charge is 2.11. The van der Waals surface area contributed by atoms with E-state index in [1.165, 1.54) is 36.8 Å². The lowest BCUT2D eigenvalue weighted by Crippen LogP contribution is -2.02. The van der Waals surface area contributed by atoms with Crippen LogP contribution in [0, 0.1) is 0 Å². The molecule has 0 aliphatic heterocycles. The van der Waals surface area contributed by atoms with Crippen molar-refractivity contribution in [3.05, 3.63) is 29.3 Å². The van der Waals surface area contributed by atoms with E-state index in [0.29, 0.717) is 5.82 Å². The van der Waals surface area contributed by atoms with Gasteiger partial charge in [0.05, 0.1) is 0 Å². The summed E-state index contributed by atoms with van der Waals surface area (Å²) in [6, 6.07) is 6.47. The Morgan fingerprint density at radius 1 is 1.07 bits per heavy atom. The van der Waals surface area contributed by atoms with Crippen LogP contribution in [-0.2, 0) is 12.8 Å². The normalized spacial score (nSPS) is 14.9. The van der Waals surface area contributed by atoms with Gasteiger partial charge in [0.25, 0.3) is 0 Å². The molecule has 0 saturated carbocycles. The van der Waals surface area contributed by atoms with Gasteiger partial charge in [-0.05, 0) is 48.1 Å². The molecule has 1 aliphatic carbocycles. The first-order valence-corrected chi connectivity index (χ1v) is 5.29. The first-order valence-electron chi connectivity index (χ1n) is 5.29. The number of aromatic nitrogens is 4. The van der Waals surface area contributed by atoms with Crippen molar-refractivity contribution < 1.29 is 0 Å². The van der Waals surface area contributed by atoms with E-state index in [9.17, 15) is 0 Å². The number of aromatic amines is 1. The Morgan fingerprint density at radius 2 is 1.93 bits per heavy atom. The van der Waals surface area contributed by atoms with E-state index >= 15 is 0 Å². The lowest BCUT2D eigenvalue weighted by atomic mass is 9.90. The zero-order valence-corrected chi connectivity index (χ0v) is 8.40. The van der Waals surface area contributed by atoms with Gasteiger partial charge in [0, 0.05) is 5.56 Å². The van der Waals surface area contributed by atoms with Gasteiger partial charge >= 0.3 is 0 Å². The minimum Gasteiger partial charge on any atom is -0.177 e. The molecule has 0 radical (unpaired) electrons. The summed E-state index contributed by atoms with van der Waals surface area (Å²) in [6.45, 7) is 0. The standard InChI is InChI=1S/C11H12N4/c1-2-4-9-7-10(6-5-8(9)3-1)11-12-14-15-13-11/h5-7H,1-4H2,(H,12,13,14,15). The predicted octanol–water partition coefficient (Wildman–Crippen LogP) is 1.75. The van der Waals surface area contributed by atoms with Crippen LogP contribution in [-0.4, -0.2) is 20.6 Å². The molecule has 1 aromatic heterocycles. The molecule has 0 spiro atoms. The van der Waals surface area contributed by atoms with Gasteiger partial charge in [-0.2, -0.15) is 5.21 Å².